The van der Waals surface area contributed by atoms with Crippen molar-refractivity contribution in [3.8, 4) is 0 Å². The third-order valence-corrected chi connectivity index (χ3v) is 3.30. The van der Waals surface area contributed by atoms with Crippen molar-refractivity contribution in [3.05, 3.63) is 44.8 Å². The summed E-state index contributed by atoms with van der Waals surface area (Å²) in [6.07, 6.45) is 4.96. The van der Waals surface area contributed by atoms with Crippen LogP contribution < -0.4 is 5.56 Å². The number of nitrogens with zero attached hydrogens (tertiary/aromatic N) is 4. The van der Waals surface area contributed by atoms with Gasteiger partial charge in [0.25, 0.3) is 5.56 Å². The van der Waals surface area contributed by atoms with Crippen LogP contribution in [0.4, 0.5) is 0 Å². The number of aromatic nitrogens is 4. The van der Waals surface area contributed by atoms with Gasteiger partial charge >= 0.3 is 0 Å². The molecule has 0 aromatic carbocycles. The summed E-state index contributed by atoms with van der Waals surface area (Å²) in [5, 5.41) is 4.22. The molecule has 0 fully saturated rings. The summed E-state index contributed by atoms with van der Waals surface area (Å²) in [5.41, 5.74) is -0.188. The molecular formula is C9H8BrClN4O. The van der Waals surface area contributed by atoms with Gasteiger partial charge in [0.1, 0.15) is 4.47 Å². The van der Waals surface area contributed by atoms with Crippen LogP contribution in [0.15, 0.2) is 34.1 Å². The predicted molar refractivity (Wildman–Crippen MR) is 63.4 cm³/mol. The van der Waals surface area contributed by atoms with Gasteiger partial charge < -0.3 is 0 Å². The molecule has 0 aliphatic heterocycles. The highest BCUT2D eigenvalue weighted by Crippen LogP contribution is 2.13. The van der Waals surface area contributed by atoms with Gasteiger partial charge in [-0.05, 0) is 22.0 Å². The molecule has 0 N–H and O–H groups in total. The average molecular weight is 304 g/mol. The normalized spacial score (nSPS) is 10.6. The topological polar surface area (TPSA) is 52.7 Å². The van der Waals surface area contributed by atoms with Crippen LogP contribution in [0.1, 0.15) is 0 Å². The lowest BCUT2D eigenvalue weighted by atomic mass is 10.5. The molecule has 7 heteroatoms. The van der Waals surface area contributed by atoms with Crippen molar-refractivity contribution in [1.82, 2.24) is 19.3 Å². The molecule has 16 heavy (non-hydrogen) atoms. The van der Waals surface area contributed by atoms with E-state index >= 15 is 0 Å². The zero-order valence-corrected chi connectivity index (χ0v) is 10.5. The van der Waals surface area contributed by atoms with Gasteiger partial charge in [0.05, 0.1) is 12.9 Å². The molecule has 0 aliphatic rings. The SMILES string of the molecule is O=c1c(Br)c(Cl)ncn1CCn1cccn1. The number of hydrogen-bond donors (Lipinski definition) is 0. The second-order valence-electron chi connectivity index (χ2n) is 3.12. The van der Waals surface area contributed by atoms with Crippen LogP contribution in [0.3, 0.4) is 0 Å². The lowest BCUT2D eigenvalue weighted by Gasteiger charge is -2.06. The molecule has 2 aromatic rings. The fraction of sp³-hybridized carbons (Fsp3) is 0.222. The molecule has 0 unspecified atom stereocenters. The maximum Gasteiger partial charge on any atom is 0.269 e. The monoisotopic (exact) mass is 302 g/mol. The van der Waals surface area contributed by atoms with Crippen LogP contribution in [0.2, 0.25) is 5.15 Å². The van der Waals surface area contributed by atoms with E-state index in [4.69, 9.17) is 11.6 Å². The Bertz CT molecular complexity index is 537. The Morgan fingerprint density at radius 1 is 1.44 bits per heavy atom. The van der Waals surface area contributed by atoms with Gasteiger partial charge in [-0.2, -0.15) is 5.10 Å². The average Bonchev–Trinajstić information content (AvgIpc) is 2.78. The third-order valence-electron chi connectivity index (χ3n) is 2.07. The summed E-state index contributed by atoms with van der Waals surface area (Å²) in [6.45, 7) is 1.12. The summed E-state index contributed by atoms with van der Waals surface area (Å²) < 4.78 is 3.52. The molecule has 0 saturated carbocycles. The molecule has 2 heterocycles. The molecule has 2 rings (SSSR count). The molecule has 0 spiro atoms. The number of hydrogen-bond acceptors (Lipinski definition) is 3. The van der Waals surface area contributed by atoms with Gasteiger partial charge in [0.15, 0.2) is 5.15 Å². The zero-order chi connectivity index (χ0) is 11.5. The summed E-state index contributed by atoms with van der Waals surface area (Å²) in [6, 6.07) is 1.83. The molecule has 5 nitrogen and oxygen atoms in total. The van der Waals surface area contributed by atoms with Crippen molar-refractivity contribution in [2.24, 2.45) is 0 Å². The van der Waals surface area contributed by atoms with Crippen LogP contribution in [-0.2, 0) is 13.1 Å². The molecule has 2 aromatic heterocycles. The Balaban J connectivity index is 2.17. The molecule has 0 radical (unpaired) electrons. The second-order valence-corrected chi connectivity index (χ2v) is 4.27. The van der Waals surface area contributed by atoms with E-state index in [1.54, 1.807) is 10.9 Å². The van der Waals surface area contributed by atoms with Gasteiger partial charge in [-0.15, -0.1) is 0 Å². The minimum atomic E-state index is -0.188. The highest BCUT2D eigenvalue weighted by Gasteiger charge is 2.06. The second kappa shape index (κ2) is 4.80. The highest BCUT2D eigenvalue weighted by atomic mass is 79.9. The quantitative estimate of drug-likeness (QED) is 0.809. The summed E-state index contributed by atoms with van der Waals surface area (Å²) in [4.78, 5) is 15.6. The lowest BCUT2D eigenvalue weighted by molar-refractivity contribution is 0.518. The van der Waals surface area contributed by atoms with Crippen LogP contribution in [0, 0.1) is 0 Å². The number of rotatable bonds is 3. The lowest BCUT2D eigenvalue weighted by Crippen LogP contribution is -2.23. The van der Waals surface area contributed by atoms with Gasteiger partial charge in [-0.3, -0.25) is 14.0 Å². The Labute approximate surface area is 105 Å². The van der Waals surface area contributed by atoms with E-state index in [2.05, 4.69) is 26.0 Å². The maximum atomic E-state index is 11.7. The molecule has 0 atom stereocenters. The Morgan fingerprint density at radius 2 is 2.25 bits per heavy atom. The van der Waals surface area contributed by atoms with E-state index in [0.717, 1.165) is 0 Å². The van der Waals surface area contributed by atoms with E-state index in [-0.39, 0.29) is 15.2 Å². The first-order valence-corrected chi connectivity index (χ1v) is 5.73. The van der Waals surface area contributed by atoms with Crippen molar-refractivity contribution in [2.45, 2.75) is 13.1 Å². The first kappa shape index (κ1) is 11.3. The van der Waals surface area contributed by atoms with Gasteiger partial charge in [-0.25, -0.2) is 4.98 Å². The first-order valence-electron chi connectivity index (χ1n) is 4.56. The standard InChI is InChI=1S/C9H8BrClN4O/c10-7-8(11)12-6-14(9(7)16)4-5-15-3-1-2-13-15/h1-3,6H,4-5H2. The molecular weight excluding hydrogens is 295 g/mol. The van der Waals surface area contributed by atoms with Crippen molar-refractivity contribution >= 4 is 27.5 Å². The zero-order valence-electron chi connectivity index (χ0n) is 8.18. The fourth-order valence-electron chi connectivity index (χ4n) is 1.25. The predicted octanol–water partition coefficient (Wildman–Crippen LogP) is 1.56. The fourth-order valence-corrected chi connectivity index (χ4v) is 1.70. The first-order chi connectivity index (χ1) is 7.68. The van der Waals surface area contributed by atoms with E-state index in [1.165, 1.54) is 10.9 Å². The largest absolute Gasteiger partial charge is 0.296 e. The maximum absolute atomic E-state index is 11.7. The van der Waals surface area contributed by atoms with Gasteiger partial charge in [0.2, 0.25) is 0 Å². The minimum absolute atomic E-state index is 0.181. The summed E-state index contributed by atoms with van der Waals surface area (Å²) in [5.74, 6) is 0. The van der Waals surface area contributed by atoms with Crippen molar-refractivity contribution in [1.29, 1.82) is 0 Å². The van der Waals surface area contributed by atoms with Crippen molar-refractivity contribution in [3.63, 3.8) is 0 Å². The molecule has 0 aliphatic carbocycles. The molecule has 0 bridgehead atoms. The summed E-state index contributed by atoms with van der Waals surface area (Å²) >= 11 is 8.80. The van der Waals surface area contributed by atoms with Crippen LogP contribution in [0.25, 0.3) is 0 Å². The van der Waals surface area contributed by atoms with Crippen molar-refractivity contribution < 1.29 is 0 Å². The third kappa shape index (κ3) is 2.33. The Kier molecular flexibility index (Phi) is 3.40. The molecule has 0 saturated heterocycles. The van der Waals surface area contributed by atoms with E-state index in [0.29, 0.717) is 13.1 Å². The van der Waals surface area contributed by atoms with Gasteiger partial charge in [-0.1, -0.05) is 11.6 Å². The smallest absolute Gasteiger partial charge is 0.269 e. The van der Waals surface area contributed by atoms with Crippen molar-refractivity contribution in [2.75, 3.05) is 0 Å². The molecule has 84 valence electrons. The Morgan fingerprint density at radius 3 is 2.94 bits per heavy atom. The Hall–Kier alpha value is -1.14. The van der Waals surface area contributed by atoms with Crippen LogP contribution in [0.5, 0.6) is 0 Å². The van der Waals surface area contributed by atoms with E-state index in [9.17, 15) is 4.79 Å². The van der Waals surface area contributed by atoms with E-state index in [1.807, 2.05) is 12.3 Å². The van der Waals surface area contributed by atoms with Gasteiger partial charge in [0, 0.05) is 18.9 Å². The highest BCUT2D eigenvalue weighted by molar-refractivity contribution is 9.10. The van der Waals surface area contributed by atoms with Crippen LogP contribution >= 0.6 is 27.5 Å². The number of halogens is 2. The minimum Gasteiger partial charge on any atom is -0.296 e. The van der Waals surface area contributed by atoms with E-state index < -0.39 is 0 Å². The van der Waals surface area contributed by atoms with Crippen LogP contribution in [-0.4, -0.2) is 19.3 Å². The molecule has 0 amide bonds. The summed E-state index contributed by atoms with van der Waals surface area (Å²) in [7, 11) is 0. The number of aryl methyl sites for hydroxylation is 2.